The van der Waals surface area contributed by atoms with Crippen LogP contribution in [0.5, 0.6) is 5.75 Å². The molecule has 25 heavy (non-hydrogen) atoms. The van der Waals surface area contributed by atoms with E-state index in [0.29, 0.717) is 12.4 Å². The Hall–Kier alpha value is -2.04. The van der Waals surface area contributed by atoms with Crippen LogP contribution < -0.4 is 4.74 Å². The number of rotatable bonds is 3. The highest BCUT2D eigenvalue weighted by molar-refractivity contribution is 5.77. The zero-order valence-corrected chi connectivity index (χ0v) is 15.3. The third kappa shape index (κ3) is 3.80. The molecule has 4 nitrogen and oxygen atoms in total. The maximum absolute atomic E-state index is 13.6. The van der Waals surface area contributed by atoms with E-state index in [1.807, 2.05) is 32.6 Å². The number of nitrogens with zero attached hydrogens (tertiary/aromatic N) is 1. The van der Waals surface area contributed by atoms with E-state index in [2.05, 4.69) is 6.08 Å². The second kappa shape index (κ2) is 6.70. The SMILES string of the molecule is CCOc1cc(F)ccc1C1=CC2CCC(C1)N2C(=O)OC(C)(C)C. The van der Waals surface area contributed by atoms with Crippen molar-refractivity contribution in [2.45, 2.75) is 64.6 Å². The molecule has 0 aromatic heterocycles. The van der Waals surface area contributed by atoms with Crippen LogP contribution in [0, 0.1) is 5.82 Å². The van der Waals surface area contributed by atoms with Crippen molar-refractivity contribution < 1.29 is 18.7 Å². The zero-order valence-electron chi connectivity index (χ0n) is 15.3. The van der Waals surface area contributed by atoms with E-state index in [1.165, 1.54) is 12.1 Å². The Morgan fingerprint density at radius 1 is 1.32 bits per heavy atom. The van der Waals surface area contributed by atoms with Crippen molar-refractivity contribution in [1.82, 2.24) is 4.90 Å². The first kappa shape index (κ1) is 17.8. The maximum atomic E-state index is 13.6. The van der Waals surface area contributed by atoms with Gasteiger partial charge in [-0.2, -0.15) is 0 Å². The molecule has 0 N–H and O–H groups in total. The third-order valence-electron chi connectivity index (χ3n) is 4.59. The van der Waals surface area contributed by atoms with Crippen molar-refractivity contribution in [1.29, 1.82) is 0 Å². The van der Waals surface area contributed by atoms with Crippen LogP contribution in [-0.2, 0) is 4.74 Å². The number of carbonyl (C=O) groups excluding carboxylic acids is 1. The van der Waals surface area contributed by atoms with Crippen LogP contribution in [-0.4, -0.2) is 35.3 Å². The summed E-state index contributed by atoms with van der Waals surface area (Å²) in [6, 6.07) is 4.82. The molecule has 136 valence electrons. The van der Waals surface area contributed by atoms with Crippen molar-refractivity contribution in [3.05, 3.63) is 35.7 Å². The van der Waals surface area contributed by atoms with Gasteiger partial charge in [0.25, 0.3) is 0 Å². The molecule has 1 aromatic rings. The monoisotopic (exact) mass is 347 g/mol. The molecule has 1 amide bonds. The minimum atomic E-state index is -0.500. The van der Waals surface area contributed by atoms with Crippen LogP contribution in [0.1, 0.15) is 52.5 Å². The summed E-state index contributed by atoms with van der Waals surface area (Å²) in [5, 5.41) is 0. The van der Waals surface area contributed by atoms with Gasteiger partial charge in [0.2, 0.25) is 0 Å². The number of hydrogen-bond donors (Lipinski definition) is 0. The minimum absolute atomic E-state index is 0.0307. The van der Waals surface area contributed by atoms with Gasteiger partial charge in [0.05, 0.1) is 12.6 Å². The van der Waals surface area contributed by atoms with Gasteiger partial charge in [0.15, 0.2) is 0 Å². The first-order chi connectivity index (χ1) is 11.8. The van der Waals surface area contributed by atoms with Crippen molar-refractivity contribution in [3.8, 4) is 5.75 Å². The summed E-state index contributed by atoms with van der Waals surface area (Å²) in [6.07, 6.45) is 4.48. The van der Waals surface area contributed by atoms with Gasteiger partial charge in [-0.3, -0.25) is 4.90 Å². The molecule has 3 rings (SSSR count). The summed E-state index contributed by atoms with van der Waals surface area (Å²) in [4.78, 5) is 14.4. The van der Waals surface area contributed by atoms with E-state index in [4.69, 9.17) is 9.47 Å². The Labute approximate surface area is 148 Å². The van der Waals surface area contributed by atoms with Crippen molar-refractivity contribution in [2.24, 2.45) is 0 Å². The van der Waals surface area contributed by atoms with Crippen LogP contribution in [0.15, 0.2) is 24.3 Å². The summed E-state index contributed by atoms with van der Waals surface area (Å²) >= 11 is 0. The Kier molecular flexibility index (Phi) is 4.76. The number of benzene rings is 1. The Morgan fingerprint density at radius 3 is 2.72 bits per heavy atom. The molecule has 5 heteroatoms. The highest BCUT2D eigenvalue weighted by Gasteiger charge is 2.42. The average molecular weight is 347 g/mol. The number of hydrogen-bond acceptors (Lipinski definition) is 3. The molecule has 0 spiro atoms. The quantitative estimate of drug-likeness (QED) is 0.790. The number of fused-ring (bicyclic) bond motifs is 2. The molecule has 2 aliphatic heterocycles. The van der Waals surface area contributed by atoms with Gasteiger partial charge in [-0.25, -0.2) is 9.18 Å². The molecule has 1 saturated heterocycles. The lowest BCUT2D eigenvalue weighted by Crippen LogP contribution is -2.45. The van der Waals surface area contributed by atoms with Gasteiger partial charge >= 0.3 is 6.09 Å². The summed E-state index contributed by atoms with van der Waals surface area (Å²) in [7, 11) is 0. The van der Waals surface area contributed by atoms with Crippen molar-refractivity contribution in [3.63, 3.8) is 0 Å². The van der Waals surface area contributed by atoms with E-state index in [-0.39, 0.29) is 24.0 Å². The molecular formula is C20H26FNO3. The van der Waals surface area contributed by atoms with Crippen molar-refractivity contribution in [2.75, 3.05) is 6.61 Å². The molecule has 0 radical (unpaired) electrons. The molecule has 2 aliphatic rings. The lowest BCUT2D eigenvalue weighted by Gasteiger charge is -2.35. The average Bonchev–Trinajstić information content (AvgIpc) is 2.77. The number of halogens is 1. The topological polar surface area (TPSA) is 38.8 Å². The van der Waals surface area contributed by atoms with E-state index >= 15 is 0 Å². The van der Waals surface area contributed by atoms with Gasteiger partial charge in [0, 0.05) is 17.7 Å². The van der Waals surface area contributed by atoms with Crippen LogP contribution in [0.4, 0.5) is 9.18 Å². The van der Waals surface area contributed by atoms with Crippen LogP contribution in [0.25, 0.3) is 5.57 Å². The number of carbonyl (C=O) groups is 1. The van der Waals surface area contributed by atoms with E-state index in [9.17, 15) is 9.18 Å². The van der Waals surface area contributed by atoms with Gasteiger partial charge < -0.3 is 9.47 Å². The second-order valence-electron chi connectivity index (χ2n) is 7.66. The first-order valence-electron chi connectivity index (χ1n) is 8.93. The lowest BCUT2D eigenvalue weighted by atomic mass is 9.94. The summed E-state index contributed by atoms with van der Waals surface area (Å²) < 4.78 is 24.7. The molecule has 2 bridgehead atoms. The van der Waals surface area contributed by atoms with Gasteiger partial charge in [-0.15, -0.1) is 0 Å². The Balaban J connectivity index is 1.86. The van der Waals surface area contributed by atoms with Gasteiger partial charge in [-0.1, -0.05) is 6.08 Å². The molecule has 2 unspecified atom stereocenters. The van der Waals surface area contributed by atoms with E-state index in [1.54, 1.807) is 6.07 Å². The fourth-order valence-corrected chi connectivity index (χ4v) is 3.67. The molecule has 0 aliphatic carbocycles. The predicted octanol–water partition coefficient (Wildman–Crippen LogP) is 4.78. The number of ether oxygens (including phenoxy) is 2. The Morgan fingerprint density at radius 2 is 2.08 bits per heavy atom. The zero-order chi connectivity index (χ0) is 18.2. The lowest BCUT2D eigenvalue weighted by molar-refractivity contribution is 0.0175. The van der Waals surface area contributed by atoms with Crippen molar-refractivity contribution >= 4 is 11.7 Å². The molecule has 1 fully saturated rings. The van der Waals surface area contributed by atoms with Crippen LogP contribution in [0.2, 0.25) is 0 Å². The predicted molar refractivity (Wildman–Crippen MR) is 95.0 cm³/mol. The number of amides is 1. The fourth-order valence-electron chi connectivity index (χ4n) is 3.67. The fraction of sp³-hybridized carbons (Fsp3) is 0.550. The van der Waals surface area contributed by atoms with E-state index in [0.717, 1.165) is 30.4 Å². The molecule has 1 aromatic carbocycles. The third-order valence-corrected chi connectivity index (χ3v) is 4.59. The minimum Gasteiger partial charge on any atom is -0.493 e. The van der Waals surface area contributed by atoms with Crippen LogP contribution in [0.3, 0.4) is 0 Å². The molecule has 2 heterocycles. The summed E-state index contributed by atoms with van der Waals surface area (Å²) in [5.41, 5.74) is 1.54. The smallest absolute Gasteiger partial charge is 0.411 e. The summed E-state index contributed by atoms with van der Waals surface area (Å²) in [6.45, 7) is 8.01. The Bertz CT molecular complexity index is 693. The van der Waals surface area contributed by atoms with E-state index < -0.39 is 5.60 Å². The highest BCUT2D eigenvalue weighted by Crippen LogP contribution is 2.41. The first-order valence-corrected chi connectivity index (χ1v) is 8.93. The van der Waals surface area contributed by atoms with Gasteiger partial charge in [-0.05, 0) is 64.7 Å². The maximum Gasteiger partial charge on any atom is 0.411 e. The molecule has 0 saturated carbocycles. The summed E-state index contributed by atoms with van der Waals surface area (Å²) in [5.74, 6) is 0.265. The standard InChI is InChI=1S/C20H26FNO3/c1-5-24-18-12-14(21)6-9-17(18)13-10-15-7-8-16(11-13)22(15)19(23)25-20(2,3)4/h6,9-10,12,15-16H,5,7-8,11H2,1-4H3. The second-order valence-corrected chi connectivity index (χ2v) is 7.66. The normalized spacial score (nSPS) is 22.6. The largest absolute Gasteiger partial charge is 0.493 e. The van der Waals surface area contributed by atoms with Gasteiger partial charge in [0.1, 0.15) is 17.2 Å². The molecule has 2 atom stereocenters. The molecular weight excluding hydrogens is 321 g/mol. The van der Waals surface area contributed by atoms with Crippen LogP contribution >= 0.6 is 0 Å². The highest BCUT2D eigenvalue weighted by atomic mass is 19.1.